The normalized spacial score (nSPS) is 35.9. The van der Waals surface area contributed by atoms with E-state index in [4.69, 9.17) is 0 Å². The molecule has 0 aromatic carbocycles. The van der Waals surface area contributed by atoms with E-state index >= 15 is 0 Å². The fourth-order valence-corrected chi connectivity index (χ4v) is 2.41. The Morgan fingerprint density at radius 3 is 3.00 bits per heavy atom. The number of fused-ring (bicyclic) bond motifs is 1. The van der Waals surface area contributed by atoms with Gasteiger partial charge in [-0.3, -0.25) is 0 Å². The van der Waals surface area contributed by atoms with Crippen molar-refractivity contribution in [3.05, 3.63) is 23.5 Å². The van der Waals surface area contributed by atoms with Crippen molar-refractivity contribution in [2.75, 3.05) is 0 Å². The molecular weight excluding hydrogens is 168 g/mol. The summed E-state index contributed by atoms with van der Waals surface area (Å²) in [7, 11) is 0. The Labute approximate surface area is 76.4 Å². The standard InChI is InChI=1S/C10H12O3/c1-2-7-6-5-10(7,9(12)13)4-3-8(6)11/h3-4,7,11H,2,5H2,1H3,(H,12,13)/p-1. The molecule has 13 heavy (non-hydrogen) atoms. The fourth-order valence-electron chi connectivity index (χ4n) is 2.41. The average molecular weight is 179 g/mol. The summed E-state index contributed by atoms with van der Waals surface area (Å²) in [5.74, 6) is -0.829. The van der Waals surface area contributed by atoms with Crippen molar-refractivity contribution in [3.63, 3.8) is 0 Å². The largest absolute Gasteiger partial charge is 0.549 e. The van der Waals surface area contributed by atoms with Gasteiger partial charge in [0.05, 0.1) is 5.97 Å². The Bertz CT molecular complexity index is 327. The van der Waals surface area contributed by atoms with Crippen LogP contribution in [-0.4, -0.2) is 11.1 Å². The van der Waals surface area contributed by atoms with Gasteiger partial charge in [-0.1, -0.05) is 13.0 Å². The smallest absolute Gasteiger partial charge is 0.114 e. The zero-order chi connectivity index (χ0) is 9.64. The summed E-state index contributed by atoms with van der Waals surface area (Å²) in [6, 6.07) is 0. The van der Waals surface area contributed by atoms with Crippen LogP contribution in [0.25, 0.3) is 0 Å². The van der Waals surface area contributed by atoms with E-state index in [9.17, 15) is 15.0 Å². The fraction of sp³-hybridized carbons (Fsp3) is 0.500. The molecule has 2 bridgehead atoms. The molecule has 0 aromatic rings. The Morgan fingerprint density at radius 2 is 2.54 bits per heavy atom. The van der Waals surface area contributed by atoms with Crippen LogP contribution >= 0.6 is 0 Å². The molecule has 3 nitrogen and oxygen atoms in total. The van der Waals surface area contributed by atoms with E-state index in [1.807, 2.05) is 6.92 Å². The van der Waals surface area contributed by atoms with Crippen LogP contribution in [0.15, 0.2) is 23.5 Å². The number of allylic oxidation sites excluding steroid dienone is 2. The van der Waals surface area contributed by atoms with Gasteiger partial charge in [-0.2, -0.15) is 0 Å². The molecule has 0 aliphatic heterocycles. The highest BCUT2D eigenvalue weighted by atomic mass is 16.4. The van der Waals surface area contributed by atoms with Crippen LogP contribution < -0.4 is 5.11 Å². The van der Waals surface area contributed by atoms with Crippen LogP contribution in [-0.2, 0) is 4.79 Å². The van der Waals surface area contributed by atoms with Crippen molar-refractivity contribution in [2.24, 2.45) is 11.3 Å². The highest BCUT2D eigenvalue weighted by Crippen LogP contribution is 2.56. The van der Waals surface area contributed by atoms with Crippen LogP contribution in [0.1, 0.15) is 19.8 Å². The maximum Gasteiger partial charge on any atom is 0.114 e. The summed E-state index contributed by atoms with van der Waals surface area (Å²) in [4.78, 5) is 10.9. The summed E-state index contributed by atoms with van der Waals surface area (Å²) in [6.45, 7) is 1.92. The number of carboxylic acid groups (broad SMARTS) is 1. The molecule has 0 amide bonds. The van der Waals surface area contributed by atoms with E-state index in [1.54, 1.807) is 6.08 Å². The third-order valence-electron chi connectivity index (χ3n) is 3.18. The summed E-state index contributed by atoms with van der Waals surface area (Å²) in [5.41, 5.74) is 0.0465. The number of hydrogen-bond acceptors (Lipinski definition) is 3. The molecule has 3 aliphatic carbocycles. The van der Waals surface area contributed by atoms with Crippen LogP contribution in [0.3, 0.4) is 0 Å². The van der Waals surface area contributed by atoms with Crippen molar-refractivity contribution in [2.45, 2.75) is 19.8 Å². The zero-order valence-corrected chi connectivity index (χ0v) is 7.41. The van der Waals surface area contributed by atoms with Gasteiger partial charge in [0.15, 0.2) is 0 Å². The van der Waals surface area contributed by atoms with E-state index in [1.165, 1.54) is 6.08 Å². The number of carbonyl (C=O) groups is 1. The van der Waals surface area contributed by atoms with Crippen LogP contribution in [0.4, 0.5) is 0 Å². The lowest BCUT2D eigenvalue weighted by Crippen LogP contribution is -2.54. The van der Waals surface area contributed by atoms with E-state index < -0.39 is 11.4 Å². The summed E-state index contributed by atoms with van der Waals surface area (Å²) in [6.07, 6.45) is 4.20. The molecule has 0 radical (unpaired) electrons. The first kappa shape index (κ1) is 8.35. The number of carbonyl (C=O) groups excluding carboxylic acids is 1. The first-order valence-electron chi connectivity index (χ1n) is 4.44. The van der Waals surface area contributed by atoms with Crippen molar-refractivity contribution < 1.29 is 15.0 Å². The number of aliphatic hydroxyl groups is 1. The van der Waals surface area contributed by atoms with E-state index in [0.29, 0.717) is 6.42 Å². The molecule has 0 aromatic heterocycles. The Hall–Kier alpha value is -1.25. The highest BCUT2D eigenvalue weighted by molar-refractivity contribution is 5.80. The minimum Gasteiger partial charge on any atom is -0.549 e. The molecule has 3 rings (SSSR count). The maximum atomic E-state index is 10.9. The number of aliphatic hydroxyl groups excluding tert-OH is 1. The predicted octanol–water partition coefficient (Wildman–Crippen LogP) is 0.534. The molecule has 0 heterocycles. The molecule has 1 N–H and O–H groups in total. The molecular formula is C10H11O3-. The van der Waals surface area contributed by atoms with Crippen LogP contribution in [0.5, 0.6) is 0 Å². The van der Waals surface area contributed by atoms with Crippen molar-refractivity contribution in [1.29, 1.82) is 0 Å². The lowest BCUT2D eigenvalue weighted by Gasteiger charge is -2.52. The molecule has 3 heteroatoms. The molecule has 70 valence electrons. The maximum absolute atomic E-state index is 10.9. The summed E-state index contributed by atoms with van der Waals surface area (Å²) in [5, 5.41) is 20.3. The van der Waals surface area contributed by atoms with Gasteiger partial charge in [0.25, 0.3) is 0 Å². The second-order valence-corrected chi connectivity index (χ2v) is 3.71. The number of carboxylic acids is 1. The van der Waals surface area contributed by atoms with Gasteiger partial charge in [-0.05, 0) is 30.4 Å². The first-order valence-corrected chi connectivity index (χ1v) is 4.44. The molecule has 0 spiro atoms. The minimum atomic E-state index is -1.02. The molecule has 3 aliphatic rings. The highest BCUT2D eigenvalue weighted by Gasteiger charge is 2.52. The van der Waals surface area contributed by atoms with Gasteiger partial charge >= 0.3 is 0 Å². The third kappa shape index (κ3) is 0.816. The molecule has 1 fully saturated rings. The van der Waals surface area contributed by atoms with Crippen LogP contribution in [0, 0.1) is 11.3 Å². The Balaban J connectivity index is 2.39. The molecule has 0 saturated heterocycles. The first-order chi connectivity index (χ1) is 6.12. The van der Waals surface area contributed by atoms with Gasteiger partial charge in [-0.15, -0.1) is 0 Å². The van der Waals surface area contributed by atoms with Gasteiger partial charge in [-0.25, -0.2) is 0 Å². The van der Waals surface area contributed by atoms with Crippen molar-refractivity contribution in [1.82, 2.24) is 0 Å². The van der Waals surface area contributed by atoms with Gasteiger partial charge in [0, 0.05) is 5.41 Å². The van der Waals surface area contributed by atoms with Crippen LogP contribution in [0.2, 0.25) is 0 Å². The topological polar surface area (TPSA) is 60.4 Å². The number of hydrogen-bond donors (Lipinski definition) is 1. The lowest BCUT2D eigenvalue weighted by atomic mass is 9.53. The third-order valence-corrected chi connectivity index (χ3v) is 3.18. The van der Waals surface area contributed by atoms with Crippen molar-refractivity contribution >= 4 is 5.97 Å². The summed E-state index contributed by atoms with van der Waals surface area (Å²) < 4.78 is 0. The van der Waals surface area contributed by atoms with Crippen molar-refractivity contribution in [3.8, 4) is 0 Å². The van der Waals surface area contributed by atoms with E-state index in [2.05, 4.69) is 0 Å². The van der Waals surface area contributed by atoms with Gasteiger partial charge in [0.1, 0.15) is 5.76 Å². The van der Waals surface area contributed by atoms with E-state index in [0.717, 1.165) is 12.0 Å². The number of rotatable bonds is 2. The summed E-state index contributed by atoms with van der Waals surface area (Å²) >= 11 is 0. The van der Waals surface area contributed by atoms with E-state index in [-0.39, 0.29) is 11.7 Å². The Morgan fingerprint density at radius 1 is 1.85 bits per heavy atom. The quantitative estimate of drug-likeness (QED) is 0.672. The van der Waals surface area contributed by atoms with Gasteiger partial charge in [0.2, 0.25) is 0 Å². The second-order valence-electron chi connectivity index (χ2n) is 3.71. The molecule has 1 saturated carbocycles. The SMILES string of the molecule is CCC1C2=C(O)C=CC1(C(=O)[O-])C2. The second kappa shape index (κ2) is 2.37. The monoisotopic (exact) mass is 179 g/mol. The van der Waals surface area contributed by atoms with Gasteiger partial charge < -0.3 is 15.0 Å². The number of aliphatic carboxylic acids is 1. The lowest BCUT2D eigenvalue weighted by molar-refractivity contribution is -0.321. The Kier molecular flexibility index (Phi) is 1.53. The molecule has 2 atom stereocenters. The zero-order valence-electron chi connectivity index (χ0n) is 7.41. The predicted molar refractivity (Wildman–Crippen MR) is 44.6 cm³/mol. The average Bonchev–Trinajstić information content (AvgIpc) is 2.04. The molecule has 2 unspecified atom stereocenters. The minimum absolute atomic E-state index is 0.0532.